The van der Waals surface area contributed by atoms with E-state index < -0.39 is 10.0 Å². The predicted octanol–water partition coefficient (Wildman–Crippen LogP) is 1.99. The largest absolute Gasteiger partial charge is 0.350 e. The van der Waals surface area contributed by atoms with Gasteiger partial charge >= 0.3 is 0 Å². The fourth-order valence-electron chi connectivity index (χ4n) is 2.45. The molecule has 2 rings (SSSR count). The van der Waals surface area contributed by atoms with Crippen molar-refractivity contribution >= 4 is 27.3 Å². The molecule has 0 unspecified atom stereocenters. The van der Waals surface area contributed by atoms with E-state index in [9.17, 15) is 13.2 Å². The van der Waals surface area contributed by atoms with E-state index >= 15 is 0 Å². The highest BCUT2D eigenvalue weighted by Crippen LogP contribution is 2.20. The van der Waals surface area contributed by atoms with Gasteiger partial charge in [0.2, 0.25) is 10.0 Å². The Kier molecular flexibility index (Phi) is 6.34. The Morgan fingerprint density at radius 2 is 1.92 bits per heavy atom. The molecule has 6 nitrogen and oxygen atoms in total. The standard InChI is InChI=1S/C17H23N3O3S2/c1-4-12-5-7-13(8-6-12)15(20(2)3)10-19-17(21)14-9-16(24-11-14)25(18,22)23/h5-9,11,15H,4,10H2,1-3H3,(H,19,21)(H2,18,22,23)/t15-/m1/s1. The molecule has 3 N–H and O–H groups in total. The summed E-state index contributed by atoms with van der Waals surface area (Å²) in [6.45, 7) is 2.52. The number of nitrogens with one attached hydrogen (secondary N) is 1. The van der Waals surface area contributed by atoms with Crippen LogP contribution in [0, 0.1) is 0 Å². The van der Waals surface area contributed by atoms with Crippen molar-refractivity contribution < 1.29 is 13.2 Å². The maximum atomic E-state index is 12.3. The first-order valence-electron chi connectivity index (χ1n) is 7.87. The molecule has 0 aliphatic rings. The van der Waals surface area contributed by atoms with Crippen LogP contribution in [0.5, 0.6) is 0 Å². The van der Waals surface area contributed by atoms with E-state index in [1.807, 2.05) is 19.0 Å². The SMILES string of the molecule is CCc1ccc([C@@H](CNC(=O)c2csc(S(N)(=O)=O)c2)N(C)C)cc1. The number of aryl methyl sites for hydroxylation is 1. The topological polar surface area (TPSA) is 92.5 Å². The molecular formula is C17H23N3O3S2. The van der Waals surface area contributed by atoms with E-state index in [0.717, 1.165) is 23.3 Å². The number of hydrogen-bond donors (Lipinski definition) is 2. The second kappa shape index (κ2) is 8.09. The third-order valence-corrected chi connectivity index (χ3v) is 6.36. The van der Waals surface area contributed by atoms with Crippen molar-refractivity contribution in [3.8, 4) is 0 Å². The van der Waals surface area contributed by atoms with Gasteiger partial charge in [-0.05, 0) is 37.7 Å². The van der Waals surface area contributed by atoms with Crippen LogP contribution in [0.1, 0.15) is 34.5 Å². The first kappa shape index (κ1) is 19.6. The van der Waals surface area contributed by atoms with Gasteiger partial charge in [-0.3, -0.25) is 4.79 Å². The Balaban J connectivity index is 2.07. The highest BCUT2D eigenvalue weighted by atomic mass is 32.2. The van der Waals surface area contributed by atoms with Crippen molar-refractivity contribution in [3.05, 3.63) is 52.4 Å². The molecule has 2 aromatic rings. The number of carbonyl (C=O) groups is 1. The smallest absolute Gasteiger partial charge is 0.252 e. The number of hydrogen-bond acceptors (Lipinski definition) is 5. The molecule has 0 fully saturated rings. The van der Waals surface area contributed by atoms with E-state index in [2.05, 4.69) is 36.5 Å². The van der Waals surface area contributed by atoms with Crippen LogP contribution in [0.4, 0.5) is 0 Å². The molecule has 0 saturated carbocycles. The van der Waals surface area contributed by atoms with E-state index in [-0.39, 0.29) is 16.2 Å². The molecule has 1 aromatic heterocycles. The molecule has 0 bridgehead atoms. The minimum absolute atomic E-state index is 0.0167. The second-order valence-electron chi connectivity index (χ2n) is 5.98. The van der Waals surface area contributed by atoms with Crippen molar-refractivity contribution in [2.75, 3.05) is 20.6 Å². The number of likely N-dealkylation sites (N-methyl/N-ethyl adjacent to an activating group) is 1. The van der Waals surface area contributed by atoms with Crippen LogP contribution in [0.3, 0.4) is 0 Å². The average Bonchev–Trinajstić information content (AvgIpc) is 3.05. The van der Waals surface area contributed by atoms with E-state index in [0.29, 0.717) is 12.1 Å². The van der Waals surface area contributed by atoms with Crippen LogP contribution in [-0.2, 0) is 16.4 Å². The maximum absolute atomic E-state index is 12.3. The maximum Gasteiger partial charge on any atom is 0.252 e. The third kappa shape index (κ3) is 5.12. The normalized spacial score (nSPS) is 13.0. The highest BCUT2D eigenvalue weighted by Gasteiger charge is 2.18. The van der Waals surface area contributed by atoms with Gasteiger partial charge in [0, 0.05) is 11.9 Å². The van der Waals surface area contributed by atoms with Gasteiger partial charge < -0.3 is 10.2 Å². The number of nitrogens with zero attached hydrogens (tertiary/aromatic N) is 1. The molecule has 136 valence electrons. The Bertz CT molecular complexity index is 827. The molecule has 25 heavy (non-hydrogen) atoms. The van der Waals surface area contributed by atoms with Crippen molar-refractivity contribution in [2.24, 2.45) is 5.14 Å². The molecule has 0 saturated heterocycles. The first-order chi connectivity index (χ1) is 11.7. The molecule has 0 radical (unpaired) electrons. The minimum atomic E-state index is -3.78. The summed E-state index contributed by atoms with van der Waals surface area (Å²) in [7, 11) is 0.126. The monoisotopic (exact) mass is 381 g/mol. The Morgan fingerprint density at radius 3 is 2.40 bits per heavy atom. The predicted molar refractivity (Wildman–Crippen MR) is 100 cm³/mol. The van der Waals surface area contributed by atoms with Gasteiger partial charge in [0.25, 0.3) is 5.91 Å². The lowest BCUT2D eigenvalue weighted by molar-refractivity contribution is 0.0942. The molecule has 8 heteroatoms. The number of sulfonamides is 1. The molecule has 0 aliphatic carbocycles. The van der Waals surface area contributed by atoms with E-state index in [4.69, 9.17) is 5.14 Å². The number of benzene rings is 1. The van der Waals surface area contributed by atoms with Gasteiger partial charge in [0.15, 0.2) is 0 Å². The lowest BCUT2D eigenvalue weighted by atomic mass is 10.0. The Morgan fingerprint density at radius 1 is 1.28 bits per heavy atom. The average molecular weight is 382 g/mol. The zero-order valence-corrected chi connectivity index (χ0v) is 16.2. The molecule has 1 heterocycles. The molecule has 0 spiro atoms. The number of amides is 1. The zero-order valence-electron chi connectivity index (χ0n) is 14.5. The van der Waals surface area contributed by atoms with Gasteiger partial charge in [0.1, 0.15) is 4.21 Å². The lowest BCUT2D eigenvalue weighted by Gasteiger charge is -2.25. The van der Waals surface area contributed by atoms with Crippen LogP contribution in [0.25, 0.3) is 0 Å². The fourth-order valence-corrected chi connectivity index (χ4v) is 4.04. The van der Waals surface area contributed by atoms with E-state index in [1.54, 1.807) is 0 Å². The van der Waals surface area contributed by atoms with Crippen LogP contribution < -0.4 is 10.5 Å². The fraction of sp³-hybridized carbons (Fsp3) is 0.353. The summed E-state index contributed by atoms with van der Waals surface area (Å²) in [4.78, 5) is 14.3. The molecule has 0 aliphatic heterocycles. The molecule has 1 amide bonds. The van der Waals surface area contributed by atoms with Crippen molar-refractivity contribution in [3.63, 3.8) is 0 Å². The number of rotatable bonds is 7. The van der Waals surface area contributed by atoms with Gasteiger partial charge in [0.05, 0.1) is 11.6 Å². The quantitative estimate of drug-likeness (QED) is 0.767. The summed E-state index contributed by atoms with van der Waals surface area (Å²) in [5.74, 6) is -0.317. The number of carbonyl (C=O) groups excluding carboxylic acids is 1. The summed E-state index contributed by atoms with van der Waals surface area (Å²) in [5.41, 5.74) is 2.67. The van der Waals surface area contributed by atoms with E-state index in [1.165, 1.54) is 17.0 Å². The van der Waals surface area contributed by atoms with Gasteiger partial charge in [-0.1, -0.05) is 31.2 Å². The van der Waals surface area contributed by atoms with Crippen LogP contribution in [0.15, 0.2) is 39.9 Å². The van der Waals surface area contributed by atoms with Gasteiger partial charge in [-0.2, -0.15) is 0 Å². The lowest BCUT2D eigenvalue weighted by Crippen LogP contribution is -2.34. The summed E-state index contributed by atoms with van der Waals surface area (Å²) in [6.07, 6.45) is 0.980. The number of primary sulfonamides is 1. The summed E-state index contributed by atoms with van der Waals surface area (Å²) < 4.78 is 22.6. The summed E-state index contributed by atoms with van der Waals surface area (Å²) in [5, 5.41) is 9.43. The van der Waals surface area contributed by atoms with Gasteiger partial charge in [-0.15, -0.1) is 11.3 Å². The van der Waals surface area contributed by atoms with Crippen LogP contribution >= 0.6 is 11.3 Å². The summed E-state index contributed by atoms with van der Waals surface area (Å²) >= 11 is 0.942. The van der Waals surface area contributed by atoms with Gasteiger partial charge in [-0.25, -0.2) is 13.6 Å². The minimum Gasteiger partial charge on any atom is -0.350 e. The highest BCUT2D eigenvalue weighted by molar-refractivity contribution is 7.91. The molecule has 1 atom stereocenters. The Hall–Kier alpha value is -1.74. The van der Waals surface area contributed by atoms with Crippen LogP contribution in [-0.4, -0.2) is 39.9 Å². The van der Waals surface area contributed by atoms with Crippen molar-refractivity contribution in [1.29, 1.82) is 0 Å². The van der Waals surface area contributed by atoms with Crippen molar-refractivity contribution in [1.82, 2.24) is 10.2 Å². The second-order valence-corrected chi connectivity index (χ2v) is 8.68. The first-order valence-corrected chi connectivity index (χ1v) is 10.3. The zero-order chi connectivity index (χ0) is 18.6. The Labute approximate surface area is 152 Å². The van der Waals surface area contributed by atoms with Crippen LogP contribution in [0.2, 0.25) is 0 Å². The van der Waals surface area contributed by atoms with Crippen molar-refractivity contribution in [2.45, 2.75) is 23.6 Å². The molecular weight excluding hydrogens is 358 g/mol. The molecule has 1 aromatic carbocycles. The third-order valence-electron chi connectivity index (χ3n) is 3.97. The number of thiophene rings is 1. The number of nitrogens with two attached hydrogens (primary N) is 1. The summed E-state index contributed by atoms with van der Waals surface area (Å²) in [6, 6.07) is 9.64.